The lowest BCUT2D eigenvalue weighted by atomic mass is 10.0. The van der Waals surface area contributed by atoms with Crippen molar-refractivity contribution in [1.29, 1.82) is 0 Å². The second-order valence-electron chi connectivity index (χ2n) is 5.65. The van der Waals surface area contributed by atoms with Crippen molar-refractivity contribution in [3.8, 4) is 0 Å². The van der Waals surface area contributed by atoms with Crippen LogP contribution in [0.25, 0.3) is 0 Å². The molecule has 0 radical (unpaired) electrons. The van der Waals surface area contributed by atoms with Gasteiger partial charge in [0.2, 0.25) is 0 Å². The van der Waals surface area contributed by atoms with E-state index in [0.717, 1.165) is 19.4 Å². The van der Waals surface area contributed by atoms with Crippen molar-refractivity contribution in [2.45, 2.75) is 77.0 Å². The first-order valence-corrected chi connectivity index (χ1v) is 8.02. The van der Waals surface area contributed by atoms with Crippen LogP contribution in [-0.4, -0.2) is 22.4 Å². The molecule has 0 aliphatic heterocycles. The zero-order valence-corrected chi connectivity index (χ0v) is 12.7. The minimum Gasteiger partial charge on any atom is -0.393 e. The number of aliphatic hydroxyl groups is 2. The summed E-state index contributed by atoms with van der Waals surface area (Å²) in [5.41, 5.74) is 0. The maximum absolute atomic E-state index is 9.95. The first-order chi connectivity index (χ1) is 9.72. The summed E-state index contributed by atoms with van der Waals surface area (Å²) in [6.07, 6.45) is 11.3. The van der Waals surface area contributed by atoms with Gasteiger partial charge in [-0.2, -0.15) is 0 Å². The van der Waals surface area contributed by atoms with Gasteiger partial charge in [0.15, 0.2) is 18.9 Å². The van der Waals surface area contributed by atoms with Gasteiger partial charge in [0.1, 0.15) is 0 Å². The van der Waals surface area contributed by atoms with E-state index in [1.807, 2.05) is 30.6 Å². The predicted molar refractivity (Wildman–Crippen MR) is 81.3 cm³/mol. The molecule has 0 saturated heterocycles. The van der Waals surface area contributed by atoms with Crippen LogP contribution in [0.3, 0.4) is 0 Å². The topological polar surface area (TPSA) is 44.3 Å². The third-order valence-corrected chi connectivity index (χ3v) is 3.68. The van der Waals surface area contributed by atoms with E-state index < -0.39 is 6.10 Å². The fraction of sp³-hybridized carbons (Fsp3) is 0.706. The van der Waals surface area contributed by atoms with Gasteiger partial charge in [-0.3, -0.25) is 0 Å². The molecule has 2 N–H and O–H groups in total. The van der Waals surface area contributed by atoms with Crippen molar-refractivity contribution in [2.75, 3.05) is 0 Å². The normalized spacial score (nSPS) is 14.2. The summed E-state index contributed by atoms with van der Waals surface area (Å²) < 4.78 is 2.06. The van der Waals surface area contributed by atoms with Crippen molar-refractivity contribution in [2.24, 2.45) is 0 Å². The van der Waals surface area contributed by atoms with Crippen molar-refractivity contribution in [3.63, 3.8) is 0 Å². The van der Waals surface area contributed by atoms with E-state index in [1.165, 1.54) is 25.7 Å². The van der Waals surface area contributed by atoms with E-state index >= 15 is 0 Å². The number of hydrogen-bond donors (Lipinski definition) is 2. The maximum atomic E-state index is 9.95. The van der Waals surface area contributed by atoms with E-state index in [0.29, 0.717) is 12.8 Å². The Bertz CT molecular complexity index is 329. The molecule has 0 aliphatic rings. The smallest absolute Gasteiger partial charge is 0.168 e. The maximum Gasteiger partial charge on any atom is 0.168 e. The second-order valence-corrected chi connectivity index (χ2v) is 5.65. The highest BCUT2D eigenvalue weighted by molar-refractivity contribution is 4.83. The highest BCUT2D eigenvalue weighted by atomic mass is 16.3. The molecule has 0 saturated carbocycles. The van der Waals surface area contributed by atoms with E-state index in [2.05, 4.69) is 11.5 Å². The van der Waals surface area contributed by atoms with Gasteiger partial charge in [0.05, 0.1) is 12.2 Å². The number of unbranched alkanes of at least 4 members (excludes halogenated alkanes) is 4. The van der Waals surface area contributed by atoms with Crippen LogP contribution in [0, 0.1) is 0 Å². The second kappa shape index (κ2) is 10.8. The molecule has 1 aromatic rings. The predicted octanol–water partition coefficient (Wildman–Crippen LogP) is 2.84. The summed E-state index contributed by atoms with van der Waals surface area (Å²) in [5.74, 6) is 0. The number of aliphatic hydroxyl groups excluding tert-OH is 2. The average Bonchev–Trinajstić information content (AvgIpc) is 2.46. The molecule has 114 valence electrons. The minimum absolute atomic E-state index is 0.354. The van der Waals surface area contributed by atoms with Gasteiger partial charge in [-0.05, 0) is 12.8 Å². The molecular formula is C17H30NO2+. The fourth-order valence-electron chi connectivity index (χ4n) is 2.41. The van der Waals surface area contributed by atoms with Crippen LogP contribution in [-0.2, 0) is 6.54 Å². The monoisotopic (exact) mass is 280 g/mol. The van der Waals surface area contributed by atoms with Gasteiger partial charge in [0, 0.05) is 18.6 Å². The number of rotatable bonds is 11. The molecule has 0 aliphatic carbocycles. The van der Waals surface area contributed by atoms with Crippen molar-refractivity contribution >= 4 is 0 Å². The number of aromatic nitrogens is 1. The molecule has 0 amide bonds. The molecule has 0 spiro atoms. The highest BCUT2D eigenvalue weighted by Gasteiger charge is 2.13. The number of hydrogen-bond acceptors (Lipinski definition) is 2. The molecule has 0 fully saturated rings. The zero-order valence-electron chi connectivity index (χ0n) is 12.7. The summed E-state index contributed by atoms with van der Waals surface area (Å²) in [5, 5.41) is 19.9. The Balaban J connectivity index is 2.07. The molecule has 3 heteroatoms. The molecule has 1 heterocycles. The molecule has 1 rings (SSSR count). The summed E-state index contributed by atoms with van der Waals surface area (Å²) in [4.78, 5) is 0. The van der Waals surface area contributed by atoms with Crippen LogP contribution in [0.2, 0.25) is 0 Å². The highest BCUT2D eigenvalue weighted by Crippen LogP contribution is 2.11. The minimum atomic E-state index is -0.409. The van der Waals surface area contributed by atoms with Crippen molar-refractivity contribution < 1.29 is 14.8 Å². The molecule has 2 atom stereocenters. The molecule has 20 heavy (non-hydrogen) atoms. The quantitative estimate of drug-likeness (QED) is 0.483. The van der Waals surface area contributed by atoms with E-state index in [4.69, 9.17) is 0 Å². The van der Waals surface area contributed by atoms with Crippen LogP contribution < -0.4 is 4.57 Å². The Morgan fingerprint density at radius 1 is 0.850 bits per heavy atom. The summed E-state index contributed by atoms with van der Waals surface area (Å²) in [6, 6.07) is 5.95. The molecule has 3 nitrogen and oxygen atoms in total. The largest absolute Gasteiger partial charge is 0.393 e. The third kappa shape index (κ3) is 8.28. The number of nitrogens with zero attached hydrogens (tertiary/aromatic N) is 1. The SMILES string of the molecule is CCCCCCCC(O)CC(O)CC[n+]1ccccc1. The van der Waals surface area contributed by atoms with Crippen LogP contribution >= 0.6 is 0 Å². The lowest BCUT2D eigenvalue weighted by Crippen LogP contribution is -2.34. The molecule has 0 aromatic carbocycles. The molecule has 1 aromatic heterocycles. The van der Waals surface area contributed by atoms with Gasteiger partial charge in [-0.15, -0.1) is 0 Å². The number of pyridine rings is 1. The first kappa shape index (κ1) is 17.1. The lowest BCUT2D eigenvalue weighted by molar-refractivity contribution is -0.698. The third-order valence-electron chi connectivity index (χ3n) is 3.68. The number of aryl methyl sites for hydroxylation is 1. The van der Waals surface area contributed by atoms with Crippen molar-refractivity contribution in [1.82, 2.24) is 0 Å². The summed E-state index contributed by atoms with van der Waals surface area (Å²) >= 11 is 0. The van der Waals surface area contributed by atoms with Gasteiger partial charge in [0.25, 0.3) is 0 Å². The standard InChI is InChI=1S/C17H30NO2/c1-2-3-4-5-7-10-16(19)15-17(20)11-14-18-12-8-6-9-13-18/h6,8-9,12-13,16-17,19-20H,2-5,7,10-11,14-15H2,1H3/q+1. The van der Waals surface area contributed by atoms with E-state index in [1.54, 1.807) is 0 Å². The van der Waals surface area contributed by atoms with E-state index in [-0.39, 0.29) is 6.10 Å². The zero-order chi connectivity index (χ0) is 14.6. The van der Waals surface area contributed by atoms with Crippen LogP contribution in [0.15, 0.2) is 30.6 Å². The van der Waals surface area contributed by atoms with Gasteiger partial charge >= 0.3 is 0 Å². The van der Waals surface area contributed by atoms with Crippen molar-refractivity contribution in [3.05, 3.63) is 30.6 Å². The van der Waals surface area contributed by atoms with Gasteiger partial charge in [-0.25, -0.2) is 4.57 Å². The summed E-state index contributed by atoms with van der Waals surface area (Å²) in [6.45, 7) is 3.00. The average molecular weight is 280 g/mol. The fourth-order valence-corrected chi connectivity index (χ4v) is 2.41. The summed E-state index contributed by atoms with van der Waals surface area (Å²) in [7, 11) is 0. The Hall–Kier alpha value is -0.930. The Kier molecular flexibility index (Phi) is 9.25. The molecular weight excluding hydrogens is 250 g/mol. The van der Waals surface area contributed by atoms with Crippen LogP contribution in [0.5, 0.6) is 0 Å². The van der Waals surface area contributed by atoms with Crippen LogP contribution in [0.1, 0.15) is 58.3 Å². The Labute approximate surface area is 123 Å². The first-order valence-electron chi connectivity index (χ1n) is 8.02. The lowest BCUT2D eigenvalue weighted by Gasteiger charge is -2.14. The van der Waals surface area contributed by atoms with Gasteiger partial charge in [-0.1, -0.05) is 45.1 Å². The van der Waals surface area contributed by atoms with Gasteiger partial charge < -0.3 is 10.2 Å². The Morgan fingerprint density at radius 3 is 2.20 bits per heavy atom. The molecule has 0 bridgehead atoms. The Morgan fingerprint density at radius 2 is 1.50 bits per heavy atom. The van der Waals surface area contributed by atoms with Crippen LogP contribution in [0.4, 0.5) is 0 Å². The molecule has 2 unspecified atom stereocenters. The van der Waals surface area contributed by atoms with E-state index in [9.17, 15) is 10.2 Å².